The summed E-state index contributed by atoms with van der Waals surface area (Å²) >= 11 is 3.54. The lowest BCUT2D eigenvalue weighted by molar-refractivity contribution is 0.0796. The second kappa shape index (κ2) is 10.5. The highest BCUT2D eigenvalue weighted by Crippen LogP contribution is 2.38. The number of aromatic nitrogens is 1. The highest BCUT2D eigenvalue weighted by molar-refractivity contribution is 9.10. The van der Waals surface area contributed by atoms with Crippen molar-refractivity contribution >= 4 is 38.4 Å². The molecule has 3 nitrogen and oxygen atoms in total. The molecule has 0 fully saturated rings. The molecule has 0 bridgehead atoms. The molecule has 0 N–H and O–H groups in total. The number of benzene rings is 4. The molecule has 0 radical (unpaired) electrons. The van der Waals surface area contributed by atoms with Crippen LogP contribution in [0, 0.1) is 5.92 Å². The van der Waals surface area contributed by atoms with Crippen LogP contribution in [-0.4, -0.2) is 16.1 Å². The van der Waals surface area contributed by atoms with Crippen LogP contribution in [0.15, 0.2) is 120 Å². The van der Waals surface area contributed by atoms with Gasteiger partial charge in [-0.2, -0.15) is 0 Å². The van der Waals surface area contributed by atoms with E-state index < -0.39 is 5.92 Å². The highest BCUT2D eigenvalue weighted by Gasteiger charge is 2.33. The number of fused-ring (bicyclic) bond motifs is 1. The monoisotopic (exact) mass is 535 g/mol. The van der Waals surface area contributed by atoms with Gasteiger partial charge in [-0.05, 0) is 35.7 Å². The van der Waals surface area contributed by atoms with Crippen LogP contribution in [0.2, 0.25) is 0 Å². The van der Waals surface area contributed by atoms with E-state index in [-0.39, 0.29) is 17.5 Å². The van der Waals surface area contributed by atoms with Crippen LogP contribution < -0.4 is 0 Å². The zero-order chi connectivity index (χ0) is 25.1. The third kappa shape index (κ3) is 4.82. The molecule has 0 saturated carbocycles. The fraction of sp³-hybridized carbons (Fsp3) is 0.125. The summed E-state index contributed by atoms with van der Waals surface area (Å²) in [6.07, 6.45) is 2.51. The molecule has 1 atom stereocenters. The minimum Gasteiger partial charge on any atom is -0.350 e. The zero-order valence-corrected chi connectivity index (χ0v) is 21.6. The molecular formula is C32H26BrNO2. The second-order valence-corrected chi connectivity index (χ2v) is 9.98. The normalized spacial score (nSPS) is 12.1. The van der Waals surface area contributed by atoms with Crippen LogP contribution in [0.5, 0.6) is 0 Å². The molecule has 0 spiro atoms. The lowest BCUT2D eigenvalue weighted by atomic mass is 9.78. The largest absolute Gasteiger partial charge is 0.350 e. The van der Waals surface area contributed by atoms with Crippen LogP contribution in [0.25, 0.3) is 10.9 Å². The summed E-state index contributed by atoms with van der Waals surface area (Å²) in [6.45, 7) is 0. The van der Waals surface area contributed by atoms with Crippen LogP contribution in [-0.2, 0) is 7.05 Å². The number of para-hydroxylation sites is 1. The van der Waals surface area contributed by atoms with Crippen LogP contribution in [0.1, 0.15) is 44.2 Å². The number of halogens is 1. The Hall–Kier alpha value is -3.76. The average Bonchev–Trinajstić information content (AvgIpc) is 3.26. The van der Waals surface area contributed by atoms with Gasteiger partial charge in [0.15, 0.2) is 11.6 Å². The molecule has 0 amide bonds. The first-order valence-corrected chi connectivity index (χ1v) is 12.8. The summed E-state index contributed by atoms with van der Waals surface area (Å²) in [7, 11) is 2.03. The van der Waals surface area contributed by atoms with Crippen molar-refractivity contribution < 1.29 is 9.59 Å². The number of Topliss-reactive ketones (excluding diaryl/α,β-unsaturated/α-hetero) is 2. The average molecular weight is 536 g/mol. The number of rotatable bonds is 8. The Balaban J connectivity index is 1.64. The molecule has 1 aromatic heterocycles. The van der Waals surface area contributed by atoms with E-state index in [4.69, 9.17) is 0 Å². The van der Waals surface area contributed by atoms with Crippen molar-refractivity contribution in [2.24, 2.45) is 13.0 Å². The van der Waals surface area contributed by atoms with Gasteiger partial charge in [-0.25, -0.2) is 0 Å². The van der Waals surface area contributed by atoms with Crippen molar-refractivity contribution in [2.75, 3.05) is 0 Å². The Labute approximate surface area is 219 Å². The van der Waals surface area contributed by atoms with Gasteiger partial charge >= 0.3 is 0 Å². The lowest BCUT2D eigenvalue weighted by Crippen LogP contribution is -2.27. The van der Waals surface area contributed by atoms with Gasteiger partial charge in [-0.1, -0.05) is 107 Å². The summed E-state index contributed by atoms with van der Waals surface area (Å²) in [5.41, 5.74) is 4.41. The summed E-state index contributed by atoms with van der Waals surface area (Å²) in [5.74, 6) is -1.25. The Morgan fingerprint density at radius 1 is 0.722 bits per heavy atom. The standard InChI is InChI=1S/C32H26BrNO2/c1-34-21-29(26-14-8-9-15-30(26)34)27(22-16-18-25(33)19-17-22)20-28(31(35)23-10-4-2-5-11-23)32(36)24-12-6-3-7-13-24/h2-19,21,27-28H,20H2,1H3/t27-/m1/s1. The van der Waals surface area contributed by atoms with E-state index in [1.165, 1.54) is 0 Å². The van der Waals surface area contributed by atoms with Gasteiger partial charge < -0.3 is 4.57 Å². The van der Waals surface area contributed by atoms with Crippen molar-refractivity contribution in [3.63, 3.8) is 0 Å². The maximum atomic E-state index is 13.8. The van der Waals surface area contributed by atoms with Crippen LogP contribution in [0.4, 0.5) is 0 Å². The zero-order valence-electron chi connectivity index (χ0n) is 20.0. The molecule has 4 heteroatoms. The molecule has 4 aromatic carbocycles. The van der Waals surface area contributed by atoms with E-state index >= 15 is 0 Å². The second-order valence-electron chi connectivity index (χ2n) is 9.07. The number of nitrogens with zero attached hydrogens (tertiary/aromatic N) is 1. The Morgan fingerprint density at radius 2 is 1.25 bits per heavy atom. The predicted molar refractivity (Wildman–Crippen MR) is 149 cm³/mol. The van der Waals surface area contributed by atoms with E-state index in [0.29, 0.717) is 17.5 Å². The van der Waals surface area contributed by atoms with Crippen molar-refractivity contribution in [3.8, 4) is 0 Å². The SMILES string of the molecule is Cn1cc([C@H](CC(C(=O)c2ccccc2)C(=O)c2ccccc2)c2ccc(Br)cc2)c2ccccc21. The first-order valence-electron chi connectivity index (χ1n) is 12.0. The first-order chi connectivity index (χ1) is 17.5. The molecule has 0 aliphatic rings. The topological polar surface area (TPSA) is 39.1 Å². The Kier molecular flexibility index (Phi) is 6.97. The number of carbonyl (C=O) groups excluding carboxylic acids is 2. The van der Waals surface area contributed by atoms with Gasteiger partial charge in [0.05, 0.1) is 5.92 Å². The number of hydrogen-bond donors (Lipinski definition) is 0. The minimum atomic E-state index is -0.817. The minimum absolute atomic E-state index is 0.144. The van der Waals surface area contributed by atoms with Crippen molar-refractivity contribution in [1.29, 1.82) is 0 Å². The van der Waals surface area contributed by atoms with Crippen LogP contribution in [0.3, 0.4) is 0 Å². The summed E-state index contributed by atoms with van der Waals surface area (Å²) < 4.78 is 3.10. The van der Waals surface area contributed by atoms with Crippen molar-refractivity contribution in [1.82, 2.24) is 4.57 Å². The van der Waals surface area contributed by atoms with Gasteiger partial charge in [0.25, 0.3) is 0 Å². The van der Waals surface area contributed by atoms with Gasteiger partial charge in [-0.15, -0.1) is 0 Å². The van der Waals surface area contributed by atoms with Crippen molar-refractivity contribution in [3.05, 3.63) is 142 Å². The molecule has 36 heavy (non-hydrogen) atoms. The molecule has 5 rings (SSSR count). The molecular weight excluding hydrogens is 510 g/mol. The van der Waals surface area contributed by atoms with E-state index in [0.717, 1.165) is 26.5 Å². The third-order valence-electron chi connectivity index (χ3n) is 6.80. The lowest BCUT2D eigenvalue weighted by Gasteiger charge is -2.23. The van der Waals surface area contributed by atoms with E-state index in [2.05, 4.69) is 51.0 Å². The fourth-order valence-electron chi connectivity index (χ4n) is 4.96. The molecule has 0 unspecified atom stereocenters. The molecule has 178 valence electrons. The summed E-state index contributed by atoms with van der Waals surface area (Å²) in [6, 6.07) is 34.8. The molecule has 0 saturated heterocycles. The maximum Gasteiger partial charge on any atom is 0.173 e. The van der Waals surface area contributed by atoms with E-state index in [1.807, 2.05) is 67.7 Å². The number of ketones is 2. The number of aryl methyl sites for hydroxylation is 1. The van der Waals surface area contributed by atoms with E-state index in [9.17, 15) is 9.59 Å². The Bertz CT molecular complexity index is 1450. The van der Waals surface area contributed by atoms with Gasteiger partial charge in [0, 0.05) is 45.7 Å². The molecule has 0 aliphatic carbocycles. The first kappa shape index (κ1) is 24.0. The smallest absolute Gasteiger partial charge is 0.173 e. The third-order valence-corrected chi connectivity index (χ3v) is 7.33. The predicted octanol–water partition coefficient (Wildman–Crippen LogP) is 7.84. The molecule has 1 heterocycles. The highest BCUT2D eigenvalue weighted by atomic mass is 79.9. The summed E-state index contributed by atoms with van der Waals surface area (Å²) in [5, 5.41) is 1.13. The van der Waals surface area contributed by atoms with Crippen LogP contribution >= 0.6 is 15.9 Å². The molecule has 5 aromatic rings. The quantitative estimate of drug-likeness (QED) is 0.150. The summed E-state index contributed by atoms with van der Waals surface area (Å²) in [4.78, 5) is 27.7. The van der Waals surface area contributed by atoms with Crippen molar-refractivity contribution in [2.45, 2.75) is 12.3 Å². The maximum absolute atomic E-state index is 13.8. The van der Waals surface area contributed by atoms with Gasteiger partial charge in [-0.3, -0.25) is 9.59 Å². The van der Waals surface area contributed by atoms with Gasteiger partial charge in [0.1, 0.15) is 0 Å². The number of hydrogen-bond acceptors (Lipinski definition) is 2. The fourth-order valence-corrected chi connectivity index (χ4v) is 5.23. The van der Waals surface area contributed by atoms with Gasteiger partial charge in [0.2, 0.25) is 0 Å². The Morgan fingerprint density at radius 3 is 1.83 bits per heavy atom. The van der Waals surface area contributed by atoms with E-state index in [1.54, 1.807) is 24.3 Å². The molecule has 0 aliphatic heterocycles. The number of carbonyl (C=O) groups is 2.